The summed E-state index contributed by atoms with van der Waals surface area (Å²) in [6.07, 6.45) is 0. The smallest absolute Gasteiger partial charge is 0.136 e. The van der Waals surface area contributed by atoms with Crippen LogP contribution >= 0.6 is 0 Å². The second kappa shape index (κ2) is 11.2. The molecule has 2 nitrogen and oxygen atoms in total. The van der Waals surface area contributed by atoms with Crippen molar-refractivity contribution in [1.29, 1.82) is 0 Å². The van der Waals surface area contributed by atoms with Crippen molar-refractivity contribution in [3.05, 3.63) is 216 Å². The van der Waals surface area contributed by atoms with E-state index in [9.17, 15) is 0 Å². The van der Waals surface area contributed by atoms with Crippen molar-refractivity contribution in [3.63, 3.8) is 0 Å². The Kier molecular flexibility index (Phi) is 5.99. The van der Waals surface area contributed by atoms with E-state index in [2.05, 4.69) is 182 Å². The Balaban J connectivity index is 1.04. The molecule has 59 heavy (non-hydrogen) atoms. The minimum atomic E-state index is -0.525. The molecule has 0 bridgehead atoms. The van der Waals surface area contributed by atoms with Gasteiger partial charge < -0.3 is 9.15 Å². The number of para-hydroxylation sites is 2. The summed E-state index contributed by atoms with van der Waals surface area (Å²) in [6, 6.07) is 71.4. The van der Waals surface area contributed by atoms with Gasteiger partial charge in [-0.1, -0.05) is 158 Å². The van der Waals surface area contributed by atoms with Gasteiger partial charge in [0, 0.05) is 21.7 Å². The second-order valence-corrected chi connectivity index (χ2v) is 16.2. The number of furan rings is 1. The van der Waals surface area contributed by atoms with Crippen LogP contribution in [0.3, 0.4) is 0 Å². The summed E-state index contributed by atoms with van der Waals surface area (Å²) in [5, 5.41) is 7.16. The lowest BCUT2D eigenvalue weighted by Gasteiger charge is -2.32. The van der Waals surface area contributed by atoms with Gasteiger partial charge in [0.05, 0.1) is 5.41 Å². The molecule has 0 unspecified atom stereocenters. The molecule has 1 spiro atoms. The summed E-state index contributed by atoms with van der Waals surface area (Å²) >= 11 is 0. The number of ether oxygens (including phenoxy) is 1. The monoisotopic (exact) mass is 748 g/mol. The van der Waals surface area contributed by atoms with Crippen LogP contribution < -0.4 is 4.74 Å². The van der Waals surface area contributed by atoms with Gasteiger partial charge in [0.1, 0.15) is 22.7 Å². The first-order chi connectivity index (χ1) is 29.3. The van der Waals surface area contributed by atoms with Crippen LogP contribution in [-0.4, -0.2) is 0 Å². The van der Waals surface area contributed by atoms with Crippen LogP contribution in [0.4, 0.5) is 0 Å². The first kappa shape index (κ1) is 31.4. The van der Waals surface area contributed by atoms with E-state index in [0.717, 1.165) is 50.0 Å². The predicted octanol–water partition coefficient (Wildman–Crippen LogP) is 15.3. The van der Waals surface area contributed by atoms with E-state index in [4.69, 9.17) is 9.15 Å². The Bertz CT molecular complexity index is 3610. The number of benzene rings is 10. The number of fused-ring (bicyclic) bond motifs is 17. The van der Waals surface area contributed by atoms with Crippen LogP contribution in [0.25, 0.3) is 99.1 Å². The fourth-order valence-electron chi connectivity index (χ4n) is 11.1. The molecule has 0 radical (unpaired) electrons. The molecule has 1 aromatic heterocycles. The molecule has 14 rings (SSSR count). The summed E-state index contributed by atoms with van der Waals surface area (Å²) in [7, 11) is 0. The minimum absolute atomic E-state index is 0.525. The average molecular weight is 749 g/mol. The van der Waals surface area contributed by atoms with Crippen molar-refractivity contribution in [1.82, 2.24) is 0 Å². The normalized spacial score (nSPS) is 13.7. The largest absolute Gasteiger partial charge is 0.456 e. The van der Waals surface area contributed by atoms with Crippen LogP contribution in [0, 0.1) is 0 Å². The zero-order valence-electron chi connectivity index (χ0n) is 31.8. The molecular weight excluding hydrogens is 717 g/mol. The second-order valence-electron chi connectivity index (χ2n) is 16.2. The van der Waals surface area contributed by atoms with Gasteiger partial charge in [-0.15, -0.1) is 0 Å². The van der Waals surface area contributed by atoms with E-state index in [1.165, 1.54) is 82.9 Å². The van der Waals surface area contributed by atoms with Gasteiger partial charge in [-0.25, -0.2) is 0 Å². The topological polar surface area (TPSA) is 22.4 Å². The van der Waals surface area contributed by atoms with E-state index in [-0.39, 0.29) is 0 Å². The van der Waals surface area contributed by atoms with Crippen LogP contribution in [0.15, 0.2) is 199 Å². The van der Waals surface area contributed by atoms with E-state index < -0.39 is 5.41 Å². The first-order valence-electron chi connectivity index (χ1n) is 20.4. The highest BCUT2D eigenvalue weighted by Gasteiger charge is 2.52. The standard InChI is InChI=1S/C57H32O2/c1-5-19-48-38(11-1)39-12-2-6-20-49(39)57(48)50-31-33(36-29-30-53-55-44(36)16-10-17-45(55)42-14-4-8-22-52(42)58-53)23-25-40(50)47-28-27-37-35(15-9-18-46(37)56(47)57)34-24-26-43-41-13-3-7-21-51(41)59-54(43)32-34/h1-32H. The molecule has 3 aliphatic rings. The lowest BCUT2D eigenvalue weighted by atomic mass is 9.69. The summed E-state index contributed by atoms with van der Waals surface area (Å²) in [5.74, 6) is 1.81. The molecule has 0 fully saturated rings. The fourth-order valence-corrected chi connectivity index (χ4v) is 11.1. The predicted molar refractivity (Wildman–Crippen MR) is 241 cm³/mol. The maximum Gasteiger partial charge on any atom is 0.136 e. The number of rotatable bonds is 2. The van der Waals surface area contributed by atoms with Crippen molar-refractivity contribution in [2.24, 2.45) is 0 Å². The Morgan fingerprint density at radius 2 is 0.881 bits per heavy atom. The van der Waals surface area contributed by atoms with Gasteiger partial charge in [-0.05, 0) is 125 Å². The molecule has 0 saturated heterocycles. The Morgan fingerprint density at radius 3 is 1.75 bits per heavy atom. The molecule has 0 atom stereocenters. The van der Waals surface area contributed by atoms with Gasteiger partial charge >= 0.3 is 0 Å². The van der Waals surface area contributed by atoms with E-state index in [0.29, 0.717) is 0 Å². The third-order valence-corrected chi connectivity index (χ3v) is 13.5. The molecule has 2 heteroatoms. The summed E-state index contributed by atoms with van der Waals surface area (Å²) in [6.45, 7) is 0. The third kappa shape index (κ3) is 3.96. The quantitative estimate of drug-likeness (QED) is 0.176. The van der Waals surface area contributed by atoms with Gasteiger partial charge in [0.25, 0.3) is 0 Å². The van der Waals surface area contributed by atoms with E-state index in [1.807, 2.05) is 12.1 Å². The molecular formula is C57H32O2. The van der Waals surface area contributed by atoms with Crippen molar-refractivity contribution in [2.75, 3.05) is 0 Å². The highest BCUT2D eigenvalue weighted by Crippen LogP contribution is 2.65. The lowest BCUT2D eigenvalue weighted by molar-refractivity contribution is 0.487. The molecule has 0 N–H and O–H groups in total. The fraction of sp³-hybridized carbons (Fsp3) is 0.0175. The van der Waals surface area contributed by atoms with Crippen molar-refractivity contribution >= 4 is 43.5 Å². The maximum atomic E-state index is 6.52. The van der Waals surface area contributed by atoms with Crippen LogP contribution in [0.5, 0.6) is 11.5 Å². The zero-order chi connectivity index (χ0) is 38.4. The van der Waals surface area contributed by atoms with Gasteiger partial charge in [0.2, 0.25) is 0 Å². The molecule has 272 valence electrons. The molecule has 10 aromatic carbocycles. The maximum absolute atomic E-state index is 6.52. The van der Waals surface area contributed by atoms with Crippen molar-refractivity contribution in [3.8, 4) is 67.1 Å². The molecule has 0 saturated carbocycles. The van der Waals surface area contributed by atoms with Gasteiger partial charge in [-0.3, -0.25) is 0 Å². The van der Waals surface area contributed by atoms with Gasteiger partial charge in [-0.2, -0.15) is 0 Å². The summed E-state index contributed by atoms with van der Waals surface area (Å²) in [5.41, 5.74) is 18.9. The first-order valence-corrected chi connectivity index (χ1v) is 20.4. The van der Waals surface area contributed by atoms with Crippen LogP contribution in [0.1, 0.15) is 22.3 Å². The third-order valence-electron chi connectivity index (χ3n) is 13.5. The summed E-state index contributed by atoms with van der Waals surface area (Å²) in [4.78, 5) is 0. The average Bonchev–Trinajstić information content (AvgIpc) is 3.92. The zero-order valence-corrected chi connectivity index (χ0v) is 31.8. The SMILES string of the molecule is c1ccc2c(c1)Oc1ccc(-c3ccc4c(c3)C3(c5ccccc5-c5ccccc53)c3c-4ccc4c(-c5ccc6c(c5)oc5ccccc56)cccc34)c3cccc-2c13. The molecule has 0 amide bonds. The molecule has 11 aromatic rings. The summed E-state index contributed by atoms with van der Waals surface area (Å²) < 4.78 is 12.9. The Hall–Kier alpha value is -7.68. The van der Waals surface area contributed by atoms with E-state index >= 15 is 0 Å². The minimum Gasteiger partial charge on any atom is -0.456 e. The van der Waals surface area contributed by atoms with Crippen molar-refractivity contribution in [2.45, 2.75) is 5.41 Å². The number of hydrogen-bond donors (Lipinski definition) is 0. The van der Waals surface area contributed by atoms with Crippen LogP contribution in [0.2, 0.25) is 0 Å². The van der Waals surface area contributed by atoms with E-state index in [1.54, 1.807) is 0 Å². The highest BCUT2D eigenvalue weighted by molar-refractivity contribution is 6.12. The molecule has 1 aliphatic heterocycles. The van der Waals surface area contributed by atoms with Crippen molar-refractivity contribution < 1.29 is 9.15 Å². The number of hydrogen-bond acceptors (Lipinski definition) is 2. The Labute approximate surface area is 340 Å². The molecule has 2 heterocycles. The van der Waals surface area contributed by atoms with Crippen LogP contribution in [-0.2, 0) is 5.41 Å². The molecule has 2 aliphatic carbocycles. The highest BCUT2D eigenvalue weighted by atomic mass is 16.5. The van der Waals surface area contributed by atoms with Gasteiger partial charge in [0.15, 0.2) is 0 Å². The lowest BCUT2D eigenvalue weighted by Crippen LogP contribution is -2.26. The Morgan fingerprint density at radius 1 is 0.305 bits per heavy atom.